The maximum absolute atomic E-state index is 5.08. The molecule has 17 heavy (non-hydrogen) atoms. The summed E-state index contributed by atoms with van der Waals surface area (Å²) in [5.41, 5.74) is 0. The second kappa shape index (κ2) is 5.82. The van der Waals surface area contributed by atoms with Gasteiger partial charge in [0.2, 0.25) is 5.88 Å². The normalized spacial score (nSPS) is 24.4. The lowest BCUT2D eigenvalue weighted by Gasteiger charge is -2.29. The maximum Gasteiger partial charge on any atom is 0.218 e. The number of nitrogens with zero attached hydrogens (tertiary/aromatic N) is 2. The van der Waals surface area contributed by atoms with Crippen molar-refractivity contribution < 1.29 is 4.74 Å². The van der Waals surface area contributed by atoms with Crippen LogP contribution in [0.3, 0.4) is 0 Å². The van der Waals surface area contributed by atoms with Gasteiger partial charge in [0.1, 0.15) is 12.1 Å². The molecule has 0 saturated heterocycles. The first kappa shape index (κ1) is 12.1. The molecule has 1 aliphatic rings. The Hall–Kier alpha value is -1.36. The molecule has 1 fully saturated rings. The van der Waals surface area contributed by atoms with Crippen LogP contribution in [-0.2, 0) is 0 Å². The topological polar surface area (TPSA) is 59.1 Å². The Balaban J connectivity index is 1.88. The Morgan fingerprint density at radius 3 is 2.53 bits per heavy atom. The number of anilines is 1. The molecule has 5 heteroatoms. The van der Waals surface area contributed by atoms with Crippen LogP contribution < -0.4 is 15.4 Å². The molecule has 1 saturated carbocycles. The van der Waals surface area contributed by atoms with E-state index in [1.807, 2.05) is 13.1 Å². The standard InChI is InChI=1S/C12H20N4O/c1-13-9-3-5-10(6-4-9)16-11-7-12(17-2)15-8-14-11/h7-10,13H,3-6H2,1-2H3,(H,14,15,16). The number of hydrogen-bond acceptors (Lipinski definition) is 5. The number of ether oxygens (including phenoxy) is 1. The highest BCUT2D eigenvalue weighted by Crippen LogP contribution is 2.22. The lowest BCUT2D eigenvalue weighted by molar-refractivity contribution is 0.370. The summed E-state index contributed by atoms with van der Waals surface area (Å²) in [5, 5.41) is 6.77. The van der Waals surface area contributed by atoms with Gasteiger partial charge in [-0.15, -0.1) is 0 Å². The van der Waals surface area contributed by atoms with Crippen LogP contribution in [0.1, 0.15) is 25.7 Å². The molecular weight excluding hydrogens is 216 g/mol. The van der Waals surface area contributed by atoms with Crippen molar-refractivity contribution in [3.8, 4) is 5.88 Å². The molecule has 0 radical (unpaired) electrons. The second-order valence-electron chi connectivity index (χ2n) is 4.43. The number of methoxy groups -OCH3 is 1. The van der Waals surface area contributed by atoms with Crippen LogP contribution in [0.2, 0.25) is 0 Å². The average Bonchev–Trinajstić information content (AvgIpc) is 2.40. The lowest BCUT2D eigenvalue weighted by atomic mass is 9.91. The summed E-state index contributed by atoms with van der Waals surface area (Å²) in [6.45, 7) is 0. The van der Waals surface area contributed by atoms with Crippen molar-refractivity contribution in [1.82, 2.24) is 15.3 Å². The molecule has 2 rings (SSSR count). The van der Waals surface area contributed by atoms with Crippen molar-refractivity contribution in [3.63, 3.8) is 0 Å². The van der Waals surface area contributed by atoms with Crippen LogP contribution in [0.25, 0.3) is 0 Å². The first-order valence-corrected chi connectivity index (χ1v) is 6.11. The fourth-order valence-electron chi connectivity index (χ4n) is 2.27. The summed E-state index contributed by atoms with van der Waals surface area (Å²) in [6, 6.07) is 3.02. The predicted molar refractivity (Wildman–Crippen MR) is 67.3 cm³/mol. The van der Waals surface area contributed by atoms with Crippen LogP contribution in [0.4, 0.5) is 5.82 Å². The van der Waals surface area contributed by atoms with Gasteiger partial charge in [0, 0.05) is 18.2 Å². The van der Waals surface area contributed by atoms with Gasteiger partial charge < -0.3 is 15.4 Å². The van der Waals surface area contributed by atoms with E-state index < -0.39 is 0 Å². The number of hydrogen-bond donors (Lipinski definition) is 2. The molecule has 0 atom stereocenters. The van der Waals surface area contributed by atoms with E-state index in [1.165, 1.54) is 32.0 Å². The molecule has 2 N–H and O–H groups in total. The van der Waals surface area contributed by atoms with Gasteiger partial charge in [0.25, 0.3) is 0 Å². The highest BCUT2D eigenvalue weighted by molar-refractivity contribution is 5.38. The molecule has 0 spiro atoms. The van der Waals surface area contributed by atoms with E-state index in [0.717, 1.165) is 5.82 Å². The first-order chi connectivity index (χ1) is 8.31. The van der Waals surface area contributed by atoms with Gasteiger partial charge in [0.15, 0.2) is 0 Å². The molecule has 0 aromatic carbocycles. The molecule has 0 bridgehead atoms. The van der Waals surface area contributed by atoms with Gasteiger partial charge in [-0.25, -0.2) is 9.97 Å². The zero-order valence-corrected chi connectivity index (χ0v) is 10.4. The Morgan fingerprint density at radius 1 is 1.18 bits per heavy atom. The third-order valence-electron chi connectivity index (χ3n) is 3.34. The highest BCUT2D eigenvalue weighted by Gasteiger charge is 2.19. The number of nitrogens with one attached hydrogen (secondary N) is 2. The van der Waals surface area contributed by atoms with E-state index in [4.69, 9.17) is 4.74 Å². The van der Waals surface area contributed by atoms with Crippen molar-refractivity contribution in [2.24, 2.45) is 0 Å². The van der Waals surface area contributed by atoms with Crippen LogP contribution in [-0.4, -0.2) is 36.2 Å². The van der Waals surface area contributed by atoms with Crippen LogP contribution >= 0.6 is 0 Å². The zero-order valence-electron chi connectivity index (χ0n) is 10.4. The Labute approximate surface area is 102 Å². The van der Waals surface area contributed by atoms with Crippen molar-refractivity contribution in [1.29, 1.82) is 0 Å². The average molecular weight is 236 g/mol. The number of rotatable bonds is 4. The van der Waals surface area contributed by atoms with Gasteiger partial charge in [-0.3, -0.25) is 0 Å². The molecule has 1 heterocycles. The van der Waals surface area contributed by atoms with Gasteiger partial charge in [-0.2, -0.15) is 0 Å². The van der Waals surface area contributed by atoms with Gasteiger partial charge in [-0.05, 0) is 32.7 Å². The van der Waals surface area contributed by atoms with E-state index in [-0.39, 0.29) is 0 Å². The summed E-state index contributed by atoms with van der Waals surface area (Å²) < 4.78 is 5.08. The summed E-state index contributed by atoms with van der Waals surface area (Å²) in [6.07, 6.45) is 6.32. The fraction of sp³-hybridized carbons (Fsp3) is 0.667. The molecule has 0 amide bonds. The Bertz CT molecular complexity index is 350. The Morgan fingerprint density at radius 2 is 1.88 bits per heavy atom. The second-order valence-corrected chi connectivity index (χ2v) is 4.43. The monoisotopic (exact) mass is 236 g/mol. The molecule has 5 nitrogen and oxygen atoms in total. The maximum atomic E-state index is 5.08. The number of aromatic nitrogens is 2. The van der Waals surface area contributed by atoms with Gasteiger partial charge >= 0.3 is 0 Å². The van der Waals surface area contributed by atoms with Crippen molar-refractivity contribution >= 4 is 5.82 Å². The predicted octanol–water partition coefficient (Wildman–Crippen LogP) is 1.43. The molecular formula is C12H20N4O. The van der Waals surface area contributed by atoms with E-state index in [9.17, 15) is 0 Å². The minimum Gasteiger partial charge on any atom is -0.481 e. The summed E-state index contributed by atoms with van der Waals surface area (Å²) >= 11 is 0. The zero-order chi connectivity index (χ0) is 12.1. The molecule has 0 aliphatic heterocycles. The highest BCUT2D eigenvalue weighted by atomic mass is 16.5. The van der Waals surface area contributed by atoms with E-state index in [0.29, 0.717) is 18.0 Å². The molecule has 0 unspecified atom stereocenters. The van der Waals surface area contributed by atoms with Crippen LogP contribution in [0.15, 0.2) is 12.4 Å². The molecule has 1 aliphatic carbocycles. The minimum atomic E-state index is 0.513. The van der Waals surface area contributed by atoms with Crippen molar-refractivity contribution in [3.05, 3.63) is 12.4 Å². The third-order valence-corrected chi connectivity index (χ3v) is 3.34. The first-order valence-electron chi connectivity index (χ1n) is 6.11. The lowest BCUT2D eigenvalue weighted by Crippen LogP contribution is -2.35. The summed E-state index contributed by atoms with van der Waals surface area (Å²) in [4.78, 5) is 8.20. The molecule has 94 valence electrons. The van der Waals surface area contributed by atoms with Gasteiger partial charge in [-0.1, -0.05) is 0 Å². The molecule has 1 aromatic heterocycles. The van der Waals surface area contributed by atoms with E-state index in [2.05, 4.69) is 20.6 Å². The smallest absolute Gasteiger partial charge is 0.218 e. The SMILES string of the molecule is CNC1CCC(Nc2cc(OC)ncn2)CC1. The van der Waals surface area contributed by atoms with Gasteiger partial charge in [0.05, 0.1) is 7.11 Å². The van der Waals surface area contributed by atoms with Crippen molar-refractivity contribution in [2.45, 2.75) is 37.8 Å². The fourth-order valence-corrected chi connectivity index (χ4v) is 2.27. The summed E-state index contributed by atoms with van der Waals surface area (Å²) in [7, 11) is 3.65. The Kier molecular flexibility index (Phi) is 4.14. The van der Waals surface area contributed by atoms with E-state index >= 15 is 0 Å². The quantitative estimate of drug-likeness (QED) is 0.828. The largest absolute Gasteiger partial charge is 0.481 e. The van der Waals surface area contributed by atoms with E-state index in [1.54, 1.807) is 7.11 Å². The summed E-state index contributed by atoms with van der Waals surface area (Å²) in [5.74, 6) is 1.45. The van der Waals surface area contributed by atoms with Crippen molar-refractivity contribution in [2.75, 3.05) is 19.5 Å². The van der Waals surface area contributed by atoms with Crippen LogP contribution in [0, 0.1) is 0 Å². The minimum absolute atomic E-state index is 0.513. The van der Waals surface area contributed by atoms with Crippen LogP contribution in [0.5, 0.6) is 5.88 Å². The molecule has 1 aromatic rings. The third kappa shape index (κ3) is 3.30.